The summed E-state index contributed by atoms with van der Waals surface area (Å²) in [6.45, 7) is 3.32. The van der Waals surface area contributed by atoms with Crippen molar-refractivity contribution in [1.82, 2.24) is 25.1 Å². The Labute approximate surface area is 258 Å². The highest BCUT2D eigenvalue weighted by Gasteiger charge is 2.24. The number of aliphatic carboxylic acids is 1. The molecule has 2 amide bonds. The minimum absolute atomic E-state index is 0.0546. The summed E-state index contributed by atoms with van der Waals surface area (Å²) in [7, 11) is 2.01. The average molecular weight is 619 g/mol. The molecule has 0 bridgehead atoms. The zero-order valence-corrected chi connectivity index (χ0v) is 25.3. The van der Waals surface area contributed by atoms with Crippen LogP contribution < -0.4 is 15.4 Å². The van der Waals surface area contributed by atoms with Gasteiger partial charge in [-0.25, -0.2) is 9.18 Å². The number of nitrogens with one attached hydrogen (secondary N) is 2. The standard InChI is InChI=1S/C32H35FN6O4S/c1-38(13-11-30(40)41)23-9-14-39(15-10-23)19-20-2-6-25(35-18-20)29-17-26-31(44-29)28(8-12-34-26)43-27-7-5-22(16-24(27)33)37-32(42)36-21-3-4-21/h2,5-8,12,16-18,21,23H,3-4,9-11,13-15,19H2,1H3,(H,40,41)(H2,36,37,42). The topological polar surface area (TPSA) is 120 Å². The first-order valence-corrected chi connectivity index (χ1v) is 15.7. The SMILES string of the molecule is CN(CCC(=O)O)C1CCN(Cc2ccc(-c3cc4nccc(Oc5ccc(NC(=O)NC6CC6)cc5F)c4s3)nc2)CC1. The van der Waals surface area contributed by atoms with Crippen molar-refractivity contribution in [3.8, 4) is 22.1 Å². The molecule has 3 N–H and O–H groups in total. The lowest BCUT2D eigenvalue weighted by Crippen LogP contribution is -2.43. The number of nitrogens with zero attached hydrogens (tertiary/aromatic N) is 4. The van der Waals surface area contributed by atoms with E-state index in [9.17, 15) is 14.0 Å². The van der Waals surface area contributed by atoms with E-state index < -0.39 is 11.8 Å². The number of urea groups is 1. The smallest absolute Gasteiger partial charge is 0.319 e. The predicted molar refractivity (Wildman–Crippen MR) is 168 cm³/mol. The fourth-order valence-electron chi connectivity index (χ4n) is 5.38. The van der Waals surface area contributed by atoms with Crippen molar-refractivity contribution in [3.63, 3.8) is 0 Å². The number of aromatic nitrogens is 2. The van der Waals surface area contributed by atoms with E-state index in [1.54, 1.807) is 18.3 Å². The molecule has 12 heteroatoms. The number of ether oxygens (including phenoxy) is 1. The molecule has 1 aliphatic carbocycles. The van der Waals surface area contributed by atoms with E-state index in [-0.39, 0.29) is 24.2 Å². The van der Waals surface area contributed by atoms with Crippen LogP contribution in [0.2, 0.25) is 0 Å². The van der Waals surface area contributed by atoms with Gasteiger partial charge in [-0.2, -0.15) is 0 Å². The number of hydrogen-bond acceptors (Lipinski definition) is 8. The molecule has 0 atom stereocenters. The van der Waals surface area contributed by atoms with Gasteiger partial charge in [-0.15, -0.1) is 11.3 Å². The zero-order chi connectivity index (χ0) is 30.6. The number of pyridine rings is 2. The average Bonchev–Trinajstić information content (AvgIpc) is 3.71. The summed E-state index contributed by atoms with van der Waals surface area (Å²) in [4.78, 5) is 37.6. The maximum atomic E-state index is 14.9. The molecular weight excluding hydrogens is 583 g/mol. The number of carbonyl (C=O) groups is 2. The number of hydrogen-bond donors (Lipinski definition) is 3. The maximum Gasteiger partial charge on any atom is 0.319 e. The molecule has 4 heterocycles. The number of carboxylic acid groups (broad SMARTS) is 1. The number of halogens is 1. The van der Waals surface area contributed by atoms with Gasteiger partial charge in [0, 0.05) is 55.4 Å². The summed E-state index contributed by atoms with van der Waals surface area (Å²) in [6.07, 6.45) is 7.69. The van der Waals surface area contributed by atoms with Crippen molar-refractivity contribution in [2.45, 2.75) is 50.7 Å². The summed E-state index contributed by atoms with van der Waals surface area (Å²) >= 11 is 1.49. The van der Waals surface area contributed by atoms with E-state index in [2.05, 4.69) is 31.5 Å². The van der Waals surface area contributed by atoms with Crippen LogP contribution in [0.25, 0.3) is 20.8 Å². The van der Waals surface area contributed by atoms with Crippen LogP contribution in [0.4, 0.5) is 14.9 Å². The highest BCUT2D eigenvalue weighted by atomic mass is 32.1. The number of piperidine rings is 1. The number of fused-ring (bicyclic) bond motifs is 1. The Morgan fingerprint density at radius 2 is 1.91 bits per heavy atom. The second-order valence-corrected chi connectivity index (χ2v) is 12.5. The van der Waals surface area contributed by atoms with Gasteiger partial charge in [0.2, 0.25) is 0 Å². The van der Waals surface area contributed by atoms with Gasteiger partial charge in [0.15, 0.2) is 11.6 Å². The second-order valence-electron chi connectivity index (χ2n) is 11.4. The molecule has 230 valence electrons. The lowest BCUT2D eigenvalue weighted by molar-refractivity contribution is -0.137. The molecule has 0 unspecified atom stereocenters. The molecule has 1 saturated heterocycles. The van der Waals surface area contributed by atoms with Gasteiger partial charge in [0.1, 0.15) is 5.75 Å². The highest BCUT2D eigenvalue weighted by molar-refractivity contribution is 7.22. The molecule has 10 nitrogen and oxygen atoms in total. The van der Waals surface area contributed by atoms with Crippen LogP contribution in [0.1, 0.15) is 37.7 Å². The molecule has 4 aromatic rings. The molecule has 2 fully saturated rings. The number of carboxylic acids is 1. The normalized spacial score (nSPS) is 15.9. The Morgan fingerprint density at radius 3 is 2.61 bits per heavy atom. The van der Waals surface area contributed by atoms with Crippen LogP contribution in [-0.4, -0.2) is 75.6 Å². The molecule has 6 rings (SSSR count). The summed E-state index contributed by atoms with van der Waals surface area (Å²) in [5.41, 5.74) is 3.05. The van der Waals surface area contributed by atoms with Gasteiger partial charge in [-0.3, -0.25) is 19.7 Å². The Morgan fingerprint density at radius 1 is 1.09 bits per heavy atom. The van der Waals surface area contributed by atoms with Crippen molar-refractivity contribution in [2.75, 3.05) is 32.0 Å². The first-order chi connectivity index (χ1) is 21.3. The number of thiophene rings is 1. The van der Waals surface area contributed by atoms with Crippen LogP contribution in [0.3, 0.4) is 0 Å². The first-order valence-electron chi connectivity index (χ1n) is 14.8. The third-order valence-electron chi connectivity index (χ3n) is 8.04. The van der Waals surface area contributed by atoms with E-state index in [1.807, 2.05) is 25.4 Å². The third-order valence-corrected chi connectivity index (χ3v) is 9.20. The molecule has 0 radical (unpaired) electrons. The van der Waals surface area contributed by atoms with Crippen molar-refractivity contribution in [2.24, 2.45) is 0 Å². The first kappa shape index (κ1) is 29.9. The number of benzene rings is 1. The summed E-state index contributed by atoms with van der Waals surface area (Å²) in [6, 6.07) is 12.4. The minimum atomic E-state index is -0.757. The van der Waals surface area contributed by atoms with E-state index in [1.165, 1.54) is 23.5 Å². The quantitative estimate of drug-likeness (QED) is 0.189. The van der Waals surface area contributed by atoms with Gasteiger partial charge in [-0.1, -0.05) is 6.07 Å². The lowest BCUT2D eigenvalue weighted by atomic mass is 10.0. The third kappa shape index (κ3) is 7.50. The molecule has 0 spiro atoms. The van der Waals surface area contributed by atoms with Crippen molar-refractivity contribution >= 4 is 39.2 Å². The zero-order valence-electron chi connectivity index (χ0n) is 24.5. The molecule has 2 aliphatic rings. The Balaban J connectivity index is 1.07. The minimum Gasteiger partial charge on any atom is -0.481 e. The van der Waals surface area contributed by atoms with Crippen LogP contribution in [0, 0.1) is 5.82 Å². The maximum absolute atomic E-state index is 14.9. The predicted octanol–water partition coefficient (Wildman–Crippen LogP) is 5.94. The largest absolute Gasteiger partial charge is 0.481 e. The second kappa shape index (κ2) is 13.2. The molecule has 44 heavy (non-hydrogen) atoms. The monoisotopic (exact) mass is 618 g/mol. The van der Waals surface area contributed by atoms with Crippen molar-refractivity contribution in [1.29, 1.82) is 0 Å². The Kier molecular flexibility index (Phi) is 9.01. The number of carbonyl (C=O) groups excluding carboxylic acids is 1. The molecule has 1 aromatic carbocycles. The number of rotatable bonds is 11. The molecule has 3 aromatic heterocycles. The highest BCUT2D eigenvalue weighted by Crippen LogP contribution is 2.39. The van der Waals surface area contributed by atoms with Crippen molar-refractivity contribution < 1.29 is 23.8 Å². The lowest BCUT2D eigenvalue weighted by Gasteiger charge is -2.36. The van der Waals surface area contributed by atoms with E-state index >= 15 is 0 Å². The number of likely N-dealkylation sites (tertiary alicyclic amines) is 1. The molecule has 1 aliphatic heterocycles. The Hall–Kier alpha value is -4.13. The van der Waals surface area contributed by atoms with Gasteiger partial charge >= 0.3 is 12.0 Å². The Bertz CT molecular complexity index is 1640. The van der Waals surface area contributed by atoms with Gasteiger partial charge in [0.05, 0.1) is 27.2 Å². The molecular formula is C32H35FN6O4S. The van der Waals surface area contributed by atoms with E-state index in [0.717, 1.165) is 71.7 Å². The number of amides is 2. The van der Waals surface area contributed by atoms with E-state index in [0.29, 0.717) is 24.0 Å². The van der Waals surface area contributed by atoms with Crippen LogP contribution in [0.15, 0.2) is 54.9 Å². The number of anilines is 1. The van der Waals surface area contributed by atoms with Gasteiger partial charge in [0.25, 0.3) is 0 Å². The van der Waals surface area contributed by atoms with Crippen LogP contribution >= 0.6 is 11.3 Å². The molecule has 1 saturated carbocycles. The van der Waals surface area contributed by atoms with Crippen molar-refractivity contribution in [3.05, 3.63) is 66.2 Å². The van der Waals surface area contributed by atoms with Crippen LogP contribution in [0.5, 0.6) is 11.5 Å². The summed E-state index contributed by atoms with van der Waals surface area (Å²) in [5.74, 6) is -0.791. The van der Waals surface area contributed by atoms with Gasteiger partial charge in [-0.05, 0) is 75.6 Å². The van der Waals surface area contributed by atoms with Gasteiger partial charge < -0.3 is 25.4 Å². The summed E-state index contributed by atoms with van der Waals surface area (Å²) < 4.78 is 21.7. The summed E-state index contributed by atoms with van der Waals surface area (Å²) in [5, 5.41) is 14.4. The fourth-order valence-corrected chi connectivity index (χ4v) is 6.42. The van der Waals surface area contributed by atoms with E-state index in [4.69, 9.17) is 14.8 Å². The fraction of sp³-hybridized carbons (Fsp3) is 0.375. The van der Waals surface area contributed by atoms with Crippen LogP contribution in [-0.2, 0) is 11.3 Å².